The van der Waals surface area contributed by atoms with E-state index < -0.39 is 6.10 Å². The number of aromatic nitrogens is 1. The Morgan fingerprint density at radius 1 is 1.85 bits per heavy atom. The van der Waals surface area contributed by atoms with Crippen molar-refractivity contribution >= 4 is 5.91 Å². The topological polar surface area (TPSA) is 75.4 Å². The average Bonchev–Trinajstić information content (AvgIpc) is 2.47. The summed E-state index contributed by atoms with van der Waals surface area (Å²) in [6, 6.07) is 1.54. The van der Waals surface area contributed by atoms with Crippen molar-refractivity contribution in [3.63, 3.8) is 0 Å². The minimum Gasteiger partial charge on any atom is -0.392 e. The van der Waals surface area contributed by atoms with Crippen LogP contribution in [-0.2, 0) is 0 Å². The Hall–Kier alpha value is -1.36. The number of hydrogen-bond acceptors (Lipinski definition) is 4. The Bertz CT molecular complexity index is 293. The molecule has 1 amide bonds. The predicted octanol–water partition coefficient (Wildman–Crippen LogP) is 0.0936. The summed E-state index contributed by atoms with van der Waals surface area (Å²) in [5, 5.41) is 14.9. The summed E-state index contributed by atoms with van der Waals surface area (Å²) in [6.07, 6.45) is -0.562. The highest BCUT2D eigenvalue weighted by molar-refractivity contribution is 5.91. The lowest BCUT2D eigenvalue weighted by atomic mass is 10.3. The van der Waals surface area contributed by atoms with E-state index in [1.165, 1.54) is 6.07 Å². The number of carbonyl (C=O) groups is 1. The van der Waals surface area contributed by atoms with E-state index in [1.54, 1.807) is 13.8 Å². The summed E-state index contributed by atoms with van der Waals surface area (Å²) >= 11 is 0. The molecule has 1 aromatic rings. The smallest absolute Gasteiger partial charge is 0.289 e. The van der Waals surface area contributed by atoms with E-state index in [0.717, 1.165) is 0 Å². The number of aliphatic hydroxyl groups is 1. The largest absolute Gasteiger partial charge is 0.392 e. The average molecular weight is 184 g/mol. The Balaban J connectivity index is 2.49. The zero-order valence-corrected chi connectivity index (χ0v) is 7.57. The molecule has 0 fully saturated rings. The molecule has 0 radical (unpaired) electrons. The molecule has 0 saturated carbocycles. The second-order valence-corrected chi connectivity index (χ2v) is 2.89. The van der Waals surface area contributed by atoms with Gasteiger partial charge in [0.2, 0.25) is 5.76 Å². The number of nitrogens with zero attached hydrogens (tertiary/aromatic N) is 1. The third kappa shape index (κ3) is 2.87. The quantitative estimate of drug-likeness (QED) is 0.698. The zero-order valence-electron chi connectivity index (χ0n) is 7.57. The second-order valence-electron chi connectivity index (χ2n) is 2.89. The Kier molecular flexibility index (Phi) is 3.02. The summed E-state index contributed by atoms with van der Waals surface area (Å²) in [5.41, 5.74) is 0.655. The van der Waals surface area contributed by atoms with E-state index >= 15 is 0 Å². The zero-order chi connectivity index (χ0) is 9.84. The number of hydrogen-bond donors (Lipinski definition) is 2. The van der Waals surface area contributed by atoms with Gasteiger partial charge in [-0.2, -0.15) is 0 Å². The SMILES string of the molecule is Cc1cc(C(=O)NC[C@H](C)O)on1. The van der Waals surface area contributed by atoms with Crippen LogP contribution < -0.4 is 5.32 Å². The van der Waals surface area contributed by atoms with Crippen LogP contribution in [0.25, 0.3) is 0 Å². The Labute approximate surface area is 75.7 Å². The molecular weight excluding hydrogens is 172 g/mol. The van der Waals surface area contributed by atoms with Gasteiger partial charge in [-0.25, -0.2) is 0 Å². The minimum absolute atomic E-state index is 0.165. The first-order chi connectivity index (χ1) is 6.09. The molecule has 1 aromatic heterocycles. The molecule has 13 heavy (non-hydrogen) atoms. The standard InChI is InChI=1S/C8H12N2O3/c1-5-3-7(13-10-5)8(12)9-4-6(2)11/h3,6,11H,4H2,1-2H3,(H,9,12)/t6-/m0/s1. The lowest BCUT2D eigenvalue weighted by Gasteiger charge is -2.03. The maximum Gasteiger partial charge on any atom is 0.289 e. The number of carbonyl (C=O) groups excluding carboxylic acids is 1. The number of amides is 1. The highest BCUT2D eigenvalue weighted by Crippen LogP contribution is 2.01. The minimum atomic E-state index is -0.562. The van der Waals surface area contributed by atoms with Crippen molar-refractivity contribution in [2.45, 2.75) is 20.0 Å². The lowest BCUT2D eigenvalue weighted by molar-refractivity contribution is 0.0887. The maximum atomic E-state index is 11.2. The van der Waals surface area contributed by atoms with Gasteiger partial charge in [0.1, 0.15) is 0 Å². The molecule has 5 heteroatoms. The van der Waals surface area contributed by atoms with Crippen molar-refractivity contribution in [1.82, 2.24) is 10.5 Å². The van der Waals surface area contributed by atoms with Crippen LogP contribution in [0.1, 0.15) is 23.2 Å². The first kappa shape index (κ1) is 9.73. The molecule has 0 aromatic carbocycles. The molecule has 72 valence electrons. The van der Waals surface area contributed by atoms with Gasteiger partial charge in [-0.05, 0) is 13.8 Å². The van der Waals surface area contributed by atoms with Crippen molar-refractivity contribution in [1.29, 1.82) is 0 Å². The molecule has 0 unspecified atom stereocenters. The fraction of sp³-hybridized carbons (Fsp3) is 0.500. The highest BCUT2D eigenvalue weighted by Gasteiger charge is 2.11. The lowest BCUT2D eigenvalue weighted by Crippen LogP contribution is -2.30. The summed E-state index contributed by atoms with van der Waals surface area (Å²) < 4.78 is 4.71. The number of nitrogens with one attached hydrogen (secondary N) is 1. The summed E-state index contributed by atoms with van der Waals surface area (Å²) in [5.74, 6) is -0.195. The molecule has 1 rings (SSSR count). The Morgan fingerprint density at radius 2 is 2.54 bits per heavy atom. The normalized spacial score (nSPS) is 12.5. The third-order valence-corrected chi connectivity index (χ3v) is 1.41. The Morgan fingerprint density at radius 3 is 3.00 bits per heavy atom. The second kappa shape index (κ2) is 4.04. The van der Waals surface area contributed by atoms with Crippen LogP contribution >= 0.6 is 0 Å². The van der Waals surface area contributed by atoms with E-state index in [9.17, 15) is 4.79 Å². The predicted molar refractivity (Wildman–Crippen MR) is 45.3 cm³/mol. The van der Waals surface area contributed by atoms with Crippen LogP contribution in [-0.4, -0.2) is 28.8 Å². The van der Waals surface area contributed by atoms with Gasteiger partial charge < -0.3 is 14.9 Å². The van der Waals surface area contributed by atoms with Gasteiger partial charge in [-0.15, -0.1) is 0 Å². The summed E-state index contributed by atoms with van der Waals surface area (Å²) in [7, 11) is 0. The van der Waals surface area contributed by atoms with E-state index in [1.807, 2.05) is 0 Å². The van der Waals surface area contributed by atoms with Gasteiger partial charge >= 0.3 is 0 Å². The maximum absolute atomic E-state index is 11.2. The molecule has 5 nitrogen and oxygen atoms in total. The number of aryl methyl sites for hydroxylation is 1. The molecule has 0 bridgehead atoms. The monoisotopic (exact) mass is 184 g/mol. The number of aliphatic hydroxyl groups excluding tert-OH is 1. The third-order valence-electron chi connectivity index (χ3n) is 1.41. The fourth-order valence-electron chi connectivity index (χ4n) is 0.798. The summed E-state index contributed by atoms with van der Waals surface area (Å²) in [6.45, 7) is 3.53. The molecule has 1 heterocycles. The molecule has 1 atom stereocenters. The molecule has 0 aliphatic heterocycles. The first-order valence-corrected chi connectivity index (χ1v) is 3.99. The van der Waals surface area contributed by atoms with Crippen LogP contribution in [0, 0.1) is 6.92 Å². The van der Waals surface area contributed by atoms with Crippen molar-refractivity contribution < 1.29 is 14.4 Å². The molecule has 0 aliphatic carbocycles. The van der Waals surface area contributed by atoms with Gasteiger partial charge in [-0.3, -0.25) is 4.79 Å². The van der Waals surface area contributed by atoms with Crippen molar-refractivity contribution in [2.75, 3.05) is 6.54 Å². The molecular formula is C8H12N2O3. The van der Waals surface area contributed by atoms with Gasteiger partial charge in [0, 0.05) is 12.6 Å². The fourth-order valence-corrected chi connectivity index (χ4v) is 0.798. The van der Waals surface area contributed by atoms with Crippen molar-refractivity contribution in [2.24, 2.45) is 0 Å². The van der Waals surface area contributed by atoms with Crippen molar-refractivity contribution in [3.05, 3.63) is 17.5 Å². The van der Waals surface area contributed by atoms with Gasteiger partial charge in [-0.1, -0.05) is 5.16 Å². The van der Waals surface area contributed by atoms with Crippen LogP contribution in [0.2, 0.25) is 0 Å². The molecule has 0 spiro atoms. The molecule has 2 N–H and O–H groups in total. The number of rotatable bonds is 3. The van der Waals surface area contributed by atoms with E-state index in [4.69, 9.17) is 9.63 Å². The van der Waals surface area contributed by atoms with Crippen LogP contribution in [0.5, 0.6) is 0 Å². The van der Waals surface area contributed by atoms with Crippen LogP contribution in [0.3, 0.4) is 0 Å². The van der Waals surface area contributed by atoms with E-state index in [2.05, 4.69) is 10.5 Å². The highest BCUT2D eigenvalue weighted by atomic mass is 16.5. The molecule has 0 saturated heterocycles. The van der Waals surface area contributed by atoms with Crippen LogP contribution in [0.15, 0.2) is 10.6 Å². The van der Waals surface area contributed by atoms with Gasteiger partial charge in [0.15, 0.2) is 0 Å². The van der Waals surface area contributed by atoms with Gasteiger partial charge in [0.05, 0.1) is 11.8 Å². The van der Waals surface area contributed by atoms with Crippen molar-refractivity contribution in [3.8, 4) is 0 Å². The van der Waals surface area contributed by atoms with Crippen LogP contribution in [0.4, 0.5) is 0 Å². The van der Waals surface area contributed by atoms with E-state index in [-0.39, 0.29) is 18.2 Å². The van der Waals surface area contributed by atoms with Gasteiger partial charge in [0.25, 0.3) is 5.91 Å². The molecule has 0 aliphatic rings. The summed E-state index contributed by atoms with van der Waals surface area (Å²) in [4.78, 5) is 11.2. The first-order valence-electron chi connectivity index (χ1n) is 3.99. The van der Waals surface area contributed by atoms with E-state index in [0.29, 0.717) is 5.69 Å².